The molecule has 1 atom stereocenters. The number of benzene rings is 2. The van der Waals surface area contributed by atoms with Crippen LogP contribution in [0.4, 0.5) is 0 Å². The van der Waals surface area contributed by atoms with Crippen LogP contribution in [0.5, 0.6) is 0 Å². The number of ketones is 1. The minimum atomic E-state index is -1.16. The van der Waals surface area contributed by atoms with E-state index >= 15 is 0 Å². The molecule has 0 aliphatic carbocycles. The summed E-state index contributed by atoms with van der Waals surface area (Å²) in [5.74, 6) is -2.75. The van der Waals surface area contributed by atoms with Crippen LogP contribution < -0.4 is 0 Å². The van der Waals surface area contributed by atoms with E-state index in [1.807, 2.05) is 16.7 Å². The lowest BCUT2D eigenvalue weighted by molar-refractivity contribution is -0.148. The summed E-state index contributed by atoms with van der Waals surface area (Å²) in [4.78, 5) is 52.6. The number of Topliss-reactive ketones (excluding diaryl/α,β-unsaturated/α-hetero) is 1. The summed E-state index contributed by atoms with van der Waals surface area (Å²) in [7, 11) is 0. The van der Waals surface area contributed by atoms with Crippen LogP contribution in [0.15, 0.2) is 54.7 Å². The van der Waals surface area contributed by atoms with Crippen molar-refractivity contribution >= 4 is 34.5 Å². The van der Waals surface area contributed by atoms with E-state index in [2.05, 4.69) is 6.07 Å². The summed E-state index contributed by atoms with van der Waals surface area (Å²) >= 11 is 0. The lowest BCUT2D eigenvalue weighted by Crippen LogP contribution is -2.49. The van der Waals surface area contributed by atoms with Crippen molar-refractivity contribution in [1.29, 1.82) is 5.26 Å². The molecule has 0 bridgehead atoms. The van der Waals surface area contributed by atoms with E-state index in [1.54, 1.807) is 56.4 Å². The van der Waals surface area contributed by atoms with Crippen LogP contribution in [0, 0.1) is 17.2 Å². The number of esters is 1. The molecule has 0 N–H and O–H groups in total. The molecule has 0 spiro atoms. The highest BCUT2D eigenvalue weighted by molar-refractivity contribution is 6.22. The second-order valence-electron chi connectivity index (χ2n) is 8.41. The van der Waals surface area contributed by atoms with Gasteiger partial charge in [-0.1, -0.05) is 44.2 Å². The van der Waals surface area contributed by atoms with Crippen molar-refractivity contribution in [2.45, 2.75) is 32.9 Å². The van der Waals surface area contributed by atoms with E-state index < -0.39 is 42.1 Å². The molecule has 0 saturated carbocycles. The number of rotatable bonds is 8. The van der Waals surface area contributed by atoms with Crippen LogP contribution in [0.1, 0.15) is 51.3 Å². The van der Waals surface area contributed by atoms with Crippen LogP contribution in [-0.4, -0.2) is 45.7 Å². The normalized spacial score (nSPS) is 13.8. The zero-order valence-corrected chi connectivity index (χ0v) is 18.9. The van der Waals surface area contributed by atoms with Crippen molar-refractivity contribution in [2.24, 2.45) is 5.92 Å². The van der Waals surface area contributed by atoms with Gasteiger partial charge in [0.25, 0.3) is 11.8 Å². The molecule has 0 saturated heterocycles. The van der Waals surface area contributed by atoms with Gasteiger partial charge >= 0.3 is 5.97 Å². The zero-order valence-electron chi connectivity index (χ0n) is 18.9. The lowest BCUT2D eigenvalue weighted by atomic mass is 10.0. The van der Waals surface area contributed by atoms with Crippen LogP contribution in [0.3, 0.4) is 0 Å². The maximum Gasteiger partial charge on any atom is 0.330 e. The summed E-state index contributed by atoms with van der Waals surface area (Å²) in [6.45, 7) is 3.32. The van der Waals surface area contributed by atoms with Crippen LogP contribution in [-0.2, 0) is 16.1 Å². The van der Waals surface area contributed by atoms with Crippen molar-refractivity contribution in [1.82, 2.24) is 9.47 Å². The first-order valence-corrected chi connectivity index (χ1v) is 11.0. The Balaban J connectivity index is 1.53. The maximum atomic E-state index is 13.0. The third-order valence-electron chi connectivity index (χ3n) is 5.88. The number of carbonyl (C=O) groups excluding carboxylic acids is 4. The van der Waals surface area contributed by atoms with Gasteiger partial charge in [0.05, 0.1) is 23.6 Å². The van der Waals surface area contributed by atoms with Gasteiger partial charge in [0.2, 0.25) is 5.78 Å². The number of aromatic nitrogens is 1. The fourth-order valence-corrected chi connectivity index (χ4v) is 4.26. The Bertz CT molecular complexity index is 1310. The molecule has 4 rings (SSSR count). The van der Waals surface area contributed by atoms with Gasteiger partial charge in [-0.3, -0.25) is 19.3 Å². The molecule has 1 aromatic heterocycles. The summed E-state index contributed by atoms with van der Waals surface area (Å²) in [6.07, 6.45) is 1.94. The summed E-state index contributed by atoms with van der Waals surface area (Å²) in [6, 6.07) is 14.6. The Morgan fingerprint density at radius 3 is 2.24 bits per heavy atom. The number of carbonyl (C=O) groups is 4. The van der Waals surface area contributed by atoms with E-state index in [1.165, 1.54) is 0 Å². The lowest BCUT2D eigenvalue weighted by Gasteiger charge is -2.27. The Morgan fingerprint density at radius 1 is 1.00 bits per heavy atom. The number of aryl methyl sites for hydroxylation is 1. The van der Waals surface area contributed by atoms with E-state index in [4.69, 9.17) is 10.00 Å². The fraction of sp³-hybridized carbons (Fsp3) is 0.269. The first-order valence-electron chi connectivity index (χ1n) is 11.0. The number of imide groups is 1. The first kappa shape index (κ1) is 22.9. The number of nitrogens with zero attached hydrogens (tertiary/aromatic N) is 3. The van der Waals surface area contributed by atoms with E-state index in [-0.39, 0.29) is 17.5 Å². The van der Waals surface area contributed by atoms with Crippen molar-refractivity contribution in [3.63, 3.8) is 0 Å². The van der Waals surface area contributed by atoms with Crippen molar-refractivity contribution in [2.75, 3.05) is 6.61 Å². The maximum absolute atomic E-state index is 13.0. The number of amides is 2. The monoisotopic (exact) mass is 457 g/mol. The average Bonchev–Trinajstić information content (AvgIpc) is 3.32. The van der Waals surface area contributed by atoms with Gasteiger partial charge in [-0.2, -0.15) is 5.26 Å². The third-order valence-corrected chi connectivity index (χ3v) is 5.88. The Hall–Kier alpha value is -4.25. The van der Waals surface area contributed by atoms with E-state index in [0.717, 1.165) is 10.4 Å². The second-order valence-corrected chi connectivity index (χ2v) is 8.41. The number of nitriles is 1. The van der Waals surface area contributed by atoms with Crippen LogP contribution in [0.2, 0.25) is 0 Å². The van der Waals surface area contributed by atoms with Crippen molar-refractivity contribution < 1.29 is 23.9 Å². The SMILES string of the molecule is CC(C)C(C(=O)OCC(=O)c1cn(CCC#N)c2ccccc12)N1C(=O)c2ccccc2C1=O. The van der Waals surface area contributed by atoms with E-state index in [0.29, 0.717) is 17.5 Å². The highest BCUT2D eigenvalue weighted by Gasteiger charge is 2.44. The van der Waals surface area contributed by atoms with Crippen molar-refractivity contribution in [3.05, 3.63) is 71.4 Å². The Kier molecular flexibility index (Phi) is 6.28. The van der Waals surface area contributed by atoms with Crippen LogP contribution in [0.25, 0.3) is 10.9 Å². The molecule has 0 radical (unpaired) electrons. The first-order chi connectivity index (χ1) is 16.3. The molecule has 1 unspecified atom stereocenters. The number of hydrogen-bond acceptors (Lipinski definition) is 6. The highest BCUT2D eigenvalue weighted by atomic mass is 16.5. The summed E-state index contributed by atoms with van der Waals surface area (Å²) in [5, 5.41) is 9.60. The summed E-state index contributed by atoms with van der Waals surface area (Å²) < 4.78 is 7.16. The smallest absolute Gasteiger partial charge is 0.330 e. The molecule has 2 amide bonds. The number of fused-ring (bicyclic) bond motifs is 2. The molecule has 34 heavy (non-hydrogen) atoms. The molecule has 1 aliphatic rings. The quantitative estimate of drug-likeness (QED) is 0.290. The third kappa shape index (κ3) is 3.97. The van der Waals surface area contributed by atoms with Gasteiger partial charge in [-0.15, -0.1) is 0 Å². The standard InChI is InChI=1S/C26H23N3O5/c1-16(2)23(29-24(31)18-9-3-4-10-19(18)25(29)32)26(33)34-15-22(30)20-14-28(13-7-12-27)21-11-6-5-8-17(20)21/h3-6,8-11,14,16,23H,7,13,15H2,1-2H3. The van der Waals surface area contributed by atoms with Gasteiger partial charge in [0, 0.05) is 29.2 Å². The molecule has 2 heterocycles. The Labute approximate surface area is 196 Å². The second kappa shape index (κ2) is 9.32. The predicted octanol–water partition coefficient (Wildman–Crippen LogP) is 3.60. The zero-order chi connectivity index (χ0) is 24.4. The molecule has 8 heteroatoms. The molecule has 0 fully saturated rings. The van der Waals surface area contributed by atoms with Crippen LogP contribution >= 0.6 is 0 Å². The number of para-hydroxylation sites is 1. The largest absolute Gasteiger partial charge is 0.456 e. The molecule has 2 aromatic carbocycles. The predicted molar refractivity (Wildman–Crippen MR) is 123 cm³/mol. The average molecular weight is 457 g/mol. The summed E-state index contributed by atoms with van der Waals surface area (Å²) in [5.41, 5.74) is 1.67. The van der Waals surface area contributed by atoms with Gasteiger partial charge in [0.1, 0.15) is 6.04 Å². The number of ether oxygens (including phenoxy) is 1. The van der Waals surface area contributed by atoms with Gasteiger partial charge < -0.3 is 9.30 Å². The number of hydrogen-bond donors (Lipinski definition) is 0. The topological polar surface area (TPSA) is 109 Å². The Morgan fingerprint density at radius 2 is 1.62 bits per heavy atom. The minimum absolute atomic E-state index is 0.243. The van der Waals surface area contributed by atoms with Gasteiger partial charge in [-0.25, -0.2) is 4.79 Å². The van der Waals surface area contributed by atoms with Crippen molar-refractivity contribution in [3.8, 4) is 6.07 Å². The molecule has 8 nitrogen and oxygen atoms in total. The van der Waals surface area contributed by atoms with E-state index in [9.17, 15) is 19.2 Å². The molecular weight excluding hydrogens is 434 g/mol. The fourth-order valence-electron chi connectivity index (χ4n) is 4.26. The molecule has 3 aromatic rings. The minimum Gasteiger partial charge on any atom is -0.456 e. The van der Waals surface area contributed by atoms with Gasteiger partial charge in [0.15, 0.2) is 6.61 Å². The molecular formula is C26H23N3O5. The molecule has 172 valence electrons. The molecule has 1 aliphatic heterocycles. The highest BCUT2D eigenvalue weighted by Crippen LogP contribution is 2.28. The van der Waals surface area contributed by atoms with Gasteiger partial charge in [-0.05, 0) is 24.1 Å².